The number of nitrogens with zero attached hydrogens (tertiary/aromatic N) is 4. The third-order valence-corrected chi connectivity index (χ3v) is 3.99. The van der Waals surface area contributed by atoms with E-state index < -0.39 is 0 Å². The zero-order valence-corrected chi connectivity index (χ0v) is 14.3. The van der Waals surface area contributed by atoms with Crippen LogP contribution in [0.3, 0.4) is 0 Å². The van der Waals surface area contributed by atoms with E-state index in [-0.39, 0.29) is 0 Å². The molecule has 1 aromatic heterocycles. The molecule has 0 spiro atoms. The van der Waals surface area contributed by atoms with Crippen LogP contribution in [0.2, 0.25) is 0 Å². The second-order valence-electron chi connectivity index (χ2n) is 5.67. The van der Waals surface area contributed by atoms with Crippen LogP contribution in [0.15, 0.2) is 28.7 Å². The third-order valence-electron chi connectivity index (χ3n) is 3.27. The van der Waals surface area contributed by atoms with Gasteiger partial charge in [0.15, 0.2) is 5.82 Å². The number of hydrogen-bond acceptors (Lipinski definition) is 4. The van der Waals surface area contributed by atoms with Crippen molar-refractivity contribution in [1.29, 1.82) is 0 Å². The third kappa shape index (κ3) is 4.89. The van der Waals surface area contributed by atoms with E-state index in [9.17, 15) is 0 Å². The van der Waals surface area contributed by atoms with E-state index in [2.05, 4.69) is 68.7 Å². The number of benzene rings is 1. The first-order chi connectivity index (χ1) is 10.1. The molecule has 0 aliphatic heterocycles. The van der Waals surface area contributed by atoms with E-state index >= 15 is 0 Å². The standard InChI is InChI=1S/C15H22BrN5/c1-11(2)9-17-10-12(8-15-18-20-21(3)19-15)13-6-4-5-7-14(13)16/h4-7,11-12,17H,8-10H2,1-3H3. The number of aromatic nitrogens is 4. The van der Waals surface area contributed by atoms with Gasteiger partial charge in [0.25, 0.3) is 0 Å². The molecule has 1 N–H and O–H groups in total. The first kappa shape index (κ1) is 16.1. The van der Waals surface area contributed by atoms with Crippen molar-refractivity contribution in [3.05, 3.63) is 40.1 Å². The van der Waals surface area contributed by atoms with Crippen molar-refractivity contribution in [3.63, 3.8) is 0 Å². The van der Waals surface area contributed by atoms with Crippen LogP contribution >= 0.6 is 15.9 Å². The Labute approximate surface area is 134 Å². The maximum absolute atomic E-state index is 4.30. The molecule has 1 heterocycles. The predicted octanol–water partition coefficient (Wildman–Crippen LogP) is 2.54. The molecule has 0 amide bonds. The van der Waals surface area contributed by atoms with Gasteiger partial charge in [-0.1, -0.05) is 48.0 Å². The Morgan fingerprint density at radius 2 is 2.00 bits per heavy atom. The van der Waals surface area contributed by atoms with Crippen molar-refractivity contribution in [2.24, 2.45) is 13.0 Å². The molecular weight excluding hydrogens is 330 g/mol. The normalized spacial score (nSPS) is 12.8. The molecule has 0 radical (unpaired) electrons. The average Bonchev–Trinajstić information content (AvgIpc) is 2.83. The van der Waals surface area contributed by atoms with E-state index in [4.69, 9.17) is 0 Å². The highest BCUT2D eigenvalue weighted by Gasteiger charge is 2.17. The SMILES string of the molecule is CC(C)CNCC(Cc1nnn(C)n1)c1ccccc1Br. The monoisotopic (exact) mass is 351 g/mol. The van der Waals surface area contributed by atoms with Gasteiger partial charge in [-0.2, -0.15) is 4.80 Å². The van der Waals surface area contributed by atoms with Gasteiger partial charge in [0, 0.05) is 23.4 Å². The van der Waals surface area contributed by atoms with Gasteiger partial charge in [-0.3, -0.25) is 0 Å². The highest BCUT2D eigenvalue weighted by Crippen LogP contribution is 2.26. The summed E-state index contributed by atoms with van der Waals surface area (Å²) in [4.78, 5) is 1.51. The topological polar surface area (TPSA) is 55.6 Å². The Hall–Kier alpha value is -1.27. The van der Waals surface area contributed by atoms with Crippen molar-refractivity contribution in [1.82, 2.24) is 25.5 Å². The van der Waals surface area contributed by atoms with Crippen molar-refractivity contribution in [2.75, 3.05) is 13.1 Å². The molecular formula is C15H22BrN5. The summed E-state index contributed by atoms with van der Waals surface area (Å²) < 4.78 is 1.13. The summed E-state index contributed by atoms with van der Waals surface area (Å²) in [6.45, 7) is 6.34. The van der Waals surface area contributed by atoms with Crippen LogP contribution in [0, 0.1) is 5.92 Å². The lowest BCUT2D eigenvalue weighted by Gasteiger charge is -2.19. The summed E-state index contributed by atoms with van der Waals surface area (Å²) in [7, 11) is 1.79. The van der Waals surface area contributed by atoms with E-state index in [0.29, 0.717) is 11.8 Å². The molecule has 21 heavy (non-hydrogen) atoms. The minimum absolute atomic E-state index is 0.323. The quantitative estimate of drug-likeness (QED) is 0.832. The second-order valence-corrected chi connectivity index (χ2v) is 6.52. The van der Waals surface area contributed by atoms with Gasteiger partial charge in [-0.15, -0.1) is 10.2 Å². The molecule has 2 rings (SSSR count). The summed E-state index contributed by atoms with van der Waals surface area (Å²) in [6.07, 6.45) is 0.779. The van der Waals surface area contributed by atoms with Gasteiger partial charge in [0.2, 0.25) is 0 Å². The van der Waals surface area contributed by atoms with Gasteiger partial charge in [-0.05, 0) is 29.3 Å². The van der Waals surface area contributed by atoms with Crippen molar-refractivity contribution in [3.8, 4) is 0 Å². The highest BCUT2D eigenvalue weighted by atomic mass is 79.9. The van der Waals surface area contributed by atoms with E-state index in [1.54, 1.807) is 7.05 Å². The number of tetrazole rings is 1. The Morgan fingerprint density at radius 1 is 1.24 bits per heavy atom. The summed E-state index contributed by atoms with van der Waals surface area (Å²) in [6, 6.07) is 8.34. The molecule has 1 atom stereocenters. The average molecular weight is 352 g/mol. The zero-order valence-electron chi connectivity index (χ0n) is 12.8. The molecule has 6 heteroatoms. The second kappa shape index (κ2) is 7.66. The lowest BCUT2D eigenvalue weighted by molar-refractivity contribution is 0.508. The molecule has 5 nitrogen and oxygen atoms in total. The molecule has 0 saturated carbocycles. The first-order valence-electron chi connectivity index (χ1n) is 7.24. The Morgan fingerprint density at radius 3 is 2.62 bits per heavy atom. The van der Waals surface area contributed by atoms with Crippen LogP contribution in [-0.4, -0.2) is 33.3 Å². The molecule has 1 unspecified atom stereocenters. The summed E-state index contributed by atoms with van der Waals surface area (Å²) in [5.74, 6) is 1.74. The predicted molar refractivity (Wildman–Crippen MR) is 87.1 cm³/mol. The molecule has 0 aliphatic carbocycles. The van der Waals surface area contributed by atoms with E-state index in [0.717, 1.165) is 29.8 Å². The fourth-order valence-corrected chi connectivity index (χ4v) is 2.88. The fourth-order valence-electron chi connectivity index (χ4n) is 2.27. The largest absolute Gasteiger partial charge is 0.316 e. The smallest absolute Gasteiger partial charge is 0.175 e. The van der Waals surface area contributed by atoms with Gasteiger partial charge in [0.1, 0.15) is 0 Å². The summed E-state index contributed by atoms with van der Waals surface area (Å²) >= 11 is 3.65. The first-order valence-corrected chi connectivity index (χ1v) is 8.03. The van der Waals surface area contributed by atoms with Crippen LogP contribution in [-0.2, 0) is 13.5 Å². The van der Waals surface area contributed by atoms with Gasteiger partial charge in [0.05, 0.1) is 7.05 Å². The number of aryl methyl sites for hydroxylation is 1. The maximum Gasteiger partial charge on any atom is 0.175 e. The van der Waals surface area contributed by atoms with Crippen molar-refractivity contribution in [2.45, 2.75) is 26.2 Å². The van der Waals surface area contributed by atoms with Crippen LogP contribution in [0.4, 0.5) is 0 Å². The molecule has 114 valence electrons. The number of halogens is 1. The molecule has 1 aromatic carbocycles. The fraction of sp³-hybridized carbons (Fsp3) is 0.533. The molecule has 0 saturated heterocycles. The number of rotatable bonds is 7. The summed E-state index contributed by atoms with van der Waals surface area (Å²) in [5.41, 5.74) is 1.28. The highest BCUT2D eigenvalue weighted by molar-refractivity contribution is 9.10. The molecule has 0 aliphatic rings. The Kier molecular flexibility index (Phi) is 5.87. The van der Waals surface area contributed by atoms with Crippen LogP contribution in [0.5, 0.6) is 0 Å². The van der Waals surface area contributed by atoms with Gasteiger partial charge in [-0.25, -0.2) is 0 Å². The maximum atomic E-state index is 4.30. The molecule has 0 bridgehead atoms. The zero-order chi connectivity index (χ0) is 15.2. The van der Waals surface area contributed by atoms with Crippen molar-refractivity contribution >= 4 is 15.9 Å². The lowest BCUT2D eigenvalue weighted by atomic mass is 9.95. The molecule has 0 fully saturated rings. The van der Waals surface area contributed by atoms with Gasteiger partial charge < -0.3 is 5.32 Å². The Bertz CT molecular complexity index is 567. The van der Waals surface area contributed by atoms with Crippen LogP contribution in [0.1, 0.15) is 31.2 Å². The molecule has 2 aromatic rings. The Balaban J connectivity index is 2.12. The van der Waals surface area contributed by atoms with Crippen LogP contribution in [0.25, 0.3) is 0 Å². The minimum Gasteiger partial charge on any atom is -0.316 e. The van der Waals surface area contributed by atoms with Crippen LogP contribution < -0.4 is 5.32 Å². The minimum atomic E-state index is 0.323. The van der Waals surface area contributed by atoms with E-state index in [1.165, 1.54) is 10.4 Å². The summed E-state index contributed by atoms with van der Waals surface area (Å²) in [5, 5.41) is 15.9. The van der Waals surface area contributed by atoms with Gasteiger partial charge >= 0.3 is 0 Å². The van der Waals surface area contributed by atoms with Crippen molar-refractivity contribution < 1.29 is 0 Å². The lowest BCUT2D eigenvalue weighted by Crippen LogP contribution is -2.27. The number of hydrogen-bond donors (Lipinski definition) is 1. The van der Waals surface area contributed by atoms with E-state index in [1.807, 2.05) is 6.07 Å². The number of nitrogens with one attached hydrogen (secondary N) is 1.